The minimum Gasteiger partial charge on any atom is -0.491 e. The largest absolute Gasteiger partial charge is 0.491 e. The van der Waals surface area contributed by atoms with Crippen LogP contribution in [0.15, 0.2) is 48.8 Å². The van der Waals surface area contributed by atoms with Gasteiger partial charge in [-0.15, -0.1) is 5.10 Å². The second kappa shape index (κ2) is 7.49. The van der Waals surface area contributed by atoms with E-state index in [4.69, 9.17) is 15.2 Å². The van der Waals surface area contributed by atoms with Gasteiger partial charge in [0.15, 0.2) is 17.2 Å². The summed E-state index contributed by atoms with van der Waals surface area (Å²) < 4.78 is 12.2. The lowest BCUT2D eigenvalue weighted by atomic mass is 10.2. The number of fused-ring (bicyclic) bond motifs is 1. The molecule has 0 bridgehead atoms. The maximum Gasteiger partial charge on any atom is 0.256 e. The molecule has 0 amide bonds. The highest BCUT2D eigenvalue weighted by Crippen LogP contribution is 2.29. The van der Waals surface area contributed by atoms with Crippen molar-refractivity contribution in [2.75, 3.05) is 19.5 Å². The van der Waals surface area contributed by atoms with Crippen LogP contribution in [0.1, 0.15) is 5.69 Å². The number of ether oxygens (including phenoxy) is 2. The maximum absolute atomic E-state index is 5.64. The molecule has 0 aliphatic carbocycles. The minimum absolute atomic E-state index is 0.380. The van der Waals surface area contributed by atoms with Gasteiger partial charge in [0.1, 0.15) is 5.82 Å². The topological polar surface area (TPSA) is 112 Å². The lowest BCUT2D eigenvalue weighted by Crippen LogP contribution is -2.02. The predicted molar refractivity (Wildman–Crippen MR) is 105 cm³/mol. The number of aromatic nitrogens is 5. The first-order valence-corrected chi connectivity index (χ1v) is 8.58. The van der Waals surface area contributed by atoms with E-state index in [0.717, 1.165) is 17.0 Å². The van der Waals surface area contributed by atoms with Crippen molar-refractivity contribution in [1.82, 2.24) is 24.6 Å². The molecule has 0 aromatic carbocycles. The third kappa shape index (κ3) is 3.42. The summed E-state index contributed by atoms with van der Waals surface area (Å²) in [6, 6.07) is 11.2. The van der Waals surface area contributed by atoms with Gasteiger partial charge >= 0.3 is 0 Å². The average molecular weight is 377 g/mol. The Hall–Kier alpha value is -3.72. The molecule has 4 heterocycles. The summed E-state index contributed by atoms with van der Waals surface area (Å²) in [5, 5.41) is 7.64. The smallest absolute Gasteiger partial charge is 0.256 e. The SMILES string of the molecule is COc1cc(-c2ccn3nc(Nc4cccc(CN)n4)cc3n2)cnc1OC. The number of hydrogen-bond acceptors (Lipinski definition) is 8. The van der Waals surface area contributed by atoms with Gasteiger partial charge in [0.2, 0.25) is 0 Å². The van der Waals surface area contributed by atoms with Gasteiger partial charge in [-0.25, -0.2) is 19.5 Å². The number of methoxy groups -OCH3 is 2. The highest BCUT2D eigenvalue weighted by Gasteiger charge is 2.11. The van der Waals surface area contributed by atoms with E-state index in [0.29, 0.717) is 35.5 Å². The van der Waals surface area contributed by atoms with Crippen LogP contribution in [0.3, 0.4) is 0 Å². The Balaban J connectivity index is 1.65. The number of pyridine rings is 2. The van der Waals surface area contributed by atoms with Crippen molar-refractivity contribution in [2.45, 2.75) is 6.54 Å². The molecule has 9 heteroatoms. The van der Waals surface area contributed by atoms with Crippen LogP contribution in [0.2, 0.25) is 0 Å². The third-order valence-electron chi connectivity index (χ3n) is 4.12. The summed E-state index contributed by atoms with van der Waals surface area (Å²) in [5.41, 5.74) is 8.69. The van der Waals surface area contributed by atoms with Crippen molar-refractivity contribution in [3.63, 3.8) is 0 Å². The Bertz CT molecular complexity index is 1130. The van der Waals surface area contributed by atoms with E-state index in [1.807, 2.05) is 42.6 Å². The monoisotopic (exact) mass is 377 g/mol. The van der Waals surface area contributed by atoms with Crippen LogP contribution in [-0.2, 0) is 6.54 Å². The molecule has 0 fully saturated rings. The van der Waals surface area contributed by atoms with E-state index >= 15 is 0 Å². The summed E-state index contributed by atoms with van der Waals surface area (Å²) in [5.74, 6) is 2.28. The molecule has 4 rings (SSSR count). The Morgan fingerprint density at radius 3 is 2.75 bits per heavy atom. The number of hydrogen-bond donors (Lipinski definition) is 2. The van der Waals surface area contributed by atoms with E-state index in [-0.39, 0.29) is 0 Å². The molecule has 3 N–H and O–H groups in total. The van der Waals surface area contributed by atoms with Crippen LogP contribution < -0.4 is 20.5 Å². The van der Waals surface area contributed by atoms with Gasteiger partial charge < -0.3 is 20.5 Å². The van der Waals surface area contributed by atoms with Crippen LogP contribution >= 0.6 is 0 Å². The maximum atomic E-state index is 5.64. The van der Waals surface area contributed by atoms with E-state index < -0.39 is 0 Å². The van der Waals surface area contributed by atoms with Crippen molar-refractivity contribution in [1.29, 1.82) is 0 Å². The number of nitrogens with one attached hydrogen (secondary N) is 1. The van der Waals surface area contributed by atoms with Gasteiger partial charge in [0.25, 0.3) is 5.88 Å². The second-order valence-electron chi connectivity index (χ2n) is 5.92. The molecule has 0 aliphatic rings. The first-order valence-electron chi connectivity index (χ1n) is 8.58. The minimum atomic E-state index is 0.380. The molecule has 4 aromatic rings. The Morgan fingerprint density at radius 2 is 1.96 bits per heavy atom. The number of rotatable bonds is 6. The van der Waals surface area contributed by atoms with E-state index in [1.165, 1.54) is 0 Å². The normalized spacial score (nSPS) is 10.8. The fraction of sp³-hybridized carbons (Fsp3) is 0.158. The molecule has 0 radical (unpaired) electrons. The zero-order valence-electron chi connectivity index (χ0n) is 15.5. The first kappa shape index (κ1) is 17.7. The molecule has 142 valence electrons. The molecule has 0 saturated carbocycles. The summed E-state index contributed by atoms with van der Waals surface area (Å²) in [7, 11) is 3.12. The van der Waals surface area contributed by atoms with E-state index in [1.54, 1.807) is 24.9 Å². The number of nitrogens with zero attached hydrogens (tertiary/aromatic N) is 5. The Morgan fingerprint density at radius 1 is 1.07 bits per heavy atom. The Labute approximate surface area is 161 Å². The molecular weight excluding hydrogens is 358 g/mol. The highest BCUT2D eigenvalue weighted by molar-refractivity contribution is 5.65. The predicted octanol–water partition coefficient (Wildman–Crippen LogP) is 2.41. The van der Waals surface area contributed by atoms with Gasteiger partial charge in [0, 0.05) is 30.6 Å². The van der Waals surface area contributed by atoms with Gasteiger partial charge in [-0.05, 0) is 24.3 Å². The molecule has 0 aliphatic heterocycles. The second-order valence-corrected chi connectivity index (χ2v) is 5.92. The van der Waals surface area contributed by atoms with Gasteiger partial charge in [-0.2, -0.15) is 0 Å². The first-order chi connectivity index (χ1) is 13.7. The third-order valence-corrected chi connectivity index (χ3v) is 4.12. The lowest BCUT2D eigenvalue weighted by molar-refractivity contribution is 0.343. The lowest BCUT2D eigenvalue weighted by Gasteiger charge is -2.08. The van der Waals surface area contributed by atoms with Crippen molar-refractivity contribution < 1.29 is 9.47 Å². The van der Waals surface area contributed by atoms with Gasteiger partial charge in [-0.1, -0.05) is 6.07 Å². The highest BCUT2D eigenvalue weighted by atomic mass is 16.5. The van der Waals surface area contributed by atoms with Crippen LogP contribution in [0, 0.1) is 0 Å². The zero-order valence-corrected chi connectivity index (χ0v) is 15.5. The van der Waals surface area contributed by atoms with Crippen molar-refractivity contribution in [2.24, 2.45) is 5.73 Å². The molecule has 0 unspecified atom stereocenters. The quantitative estimate of drug-likeness (QED) is 0.527. The van der Waals surface area contributed by atoms with Crippen molar-refractivity contribution >= 4 is 17.3 Å². The summed E-state index contributed by atoms with van der Waals surface area (Å²) in [6.45, 7) is 0.380. The molecule has 9 nitrogen and oxygen atoms in total. The van der Waals surface area contributed by atoms with E-state index in [9.17, 15) is 0 Å². The standard InChI is InChI=1S/C19H19N7O2/c1-27-15-8-12(11-21-19(15)28-2)14-6-7-26-18(23-14)9-17(25-26)24-16-5-3-4-13(10-20)22-16/h3-9,11H,10,20H2,1-2H3,(H,22,24,25). The summed E-state index contributed by atoms with van der Waals surface area (Å²) in [6.07, 6.45) is 3.53. The molecular formula is C19H19N7O2. The fourth-order valence-corrected chi connectivity index (χ4v) is 2.77. The van der Waals surface area contributed by atoms with Crippen molar-refractivity contribution in [3.8, 4) is 22.9 Å². The molecule has 0 saturated heterocycles. The summed E-state index contributed by atoms with van der Waals surface area (Å²) >= 11 is 0. The number of anilines is 2. The molecule has 0 spiro atoms. The fourth-order valence-electron chi connectivity index (χ4n) is 2.77. The zero-order chi connectivity index (χ0) is 19.5. The van der Waals surface area contributed by atoms with Crippen molar-refractivity contribution in [3.05, 3.63) is 54.5 Å². The molecule has 28 heavy (non-hydrogen) atoms. The Kier molecular flexibility index (Phi) is 4.73. The molecule has 4 aromatic heterocycles. The number of nitrogens with two attached hydrogens (primary N) is 1. The molecule has 0 atom stereocenters. The van der Waals surface area contributed by atoms with E-state index in [2.05, 4.69) is 25.4 Å². The van der Waals surface area contributed by atoms with Crippen LogP contribution in [0.25, 0.3) is 16.9 Å². The summed E-state index contributed by atoms with van der Waals surface area (Å²) in [4.78, 5) is 13.3. The van der Waals surface area contributed by atoms with Gasteiger partial charge in [0.05, 0.1) is 25.6 Å². The van der Waals surface area contributed by atoms with Crippen LogP contribution in [-0.4, -0.2) is 38.8 Å². The average Bonchev–Trinajstić information content (AvgIpc) is 3.14. The van der Waals surface area contributed by atoms with Crippen LogP contribution in [0.4, 0.5) is 11.6 Å². The van der Waals surface area contributed by atoms with Gasteiger partial charge in [-0.3, -0.25) is 0 Å². The van der Waals surface area contributed by atoms with Crippen LogP contribution in [0.5, 0.6) is 11.6 Å².